The normalized spacial score (nSPS) is 11.8. The van der Waals surface area contributed by atoms with Crippen molar-refractivity contribution >= 4 is 6.03 Å². The highest BCUT2D eigenvalue weighted by atomic mass is 19.3. The van der Waals surface area contributed by atoms with E-state index >= 15 is 0 Å². The SMILES string of the molecule is COc1cccc(C(NC(=O)NCc2cccc(OCC(F)F)c2)c2nccn2C)c1. The van der Waals surface area contributed by atoms with Crippen molar-refractivity contribution in [3.63, 3.8) is 0 Å². The van der Waals surface area contributed by atoms with E-state index in [1.54, 1.807) is 43.8 Å². The smallest absolute Gasteiger partial charge is 0.315 e. The molecule has 164 valence electrons. The van der Waals surface area contributed by atoms with Gasteiger partial charge in [-0.2, -0.15) is 0 Å². The van der Waals surface area contributed by atoms with Gasteiger partial charge in [-0.15, -0.1) is 0 Å². The molecule has 2 aromatic carbocycles. The minimum Gasteiger partial charge on any atom is -0.497 e. The summed E-state index contributed by atoms with van der Waals surface area (Å²) in [6, 6.07) is 13.1. The van der Waals surface area contributed by atoms with Crippen LogP contribution in [0.4, 0.5) is 13.6 Å². The quantitative estimate of drug-likeness (QED) is 0.543. The number of rotatable bonds is 9. The van der Waals surface area contributed by atoms with E-state index in [0.717, 1.165) is 11.1 Å². The van der Waals surface area contributed by atoms with Crippen molar-refractivity contribution in [2.75, 3.05) is 13.7 Å². The number of ether oxygens (including phenoxy) is 2. The lowest BCUT2D eigenvalue weighted by Gasteiger charge is -2.20. The summed E-state index contributed by atoms with van der Waals surface area (Å²) in [6.07, 6.45) is 0.909. The number of hydrogen-bond acceptors (Lipinski definition) is 4. The van der Waals surface area contributed by atoms with Crippen LogP contribution >= 0.6 is 0 Å². The van der Waals surface area contributed by atoms with Crippen LogP contribution in [-0.2, 0) is 13.6 Å². The van der Waals surface area contributed by atoms with Crippen LogP contribution in [0.3, 0.4) is 0 Å². The molecule has 0 bridgehead atoms. The number of methoxy groups -OCH3 is 1. The Kier molecular flexibility index (Phi) is 7.42. The number of amides is 2. The fourth-order valence-electron chi connectivity index (χ4n) is 3.04. The van der Waals surface area contributed by atoms with Gasteiger partial charge in [-0.3, -0.25) is 0 Å². The van der Waals surface area contributed by atoms with Crippen LogP contribution < -0.4 is 20.1 Å². The number of nitrogens with zero attached hydrogens (tertiary/aromatic N) is 2. The van der Waals surface area contributed by atoms with Gasteiger partial charge >= 0.3 is 6.03 Å². The molecule has 0 fully saturated rings. The molecule has 1 unspecified atom stereocenters. The Labute approximate surface area is 179 Å². The third-order valence-corrected chi connectivity index (χ3v) is 4.55. The van der Waals surface area contributed by atoms with Crippen molar-refractivity contribution in [2.24, 2.45) is 7.05 Å². The van der Waals surface area contributed by atoms with Gasteiger partial charge in [0, 0.05) is 26.0 Å². The lowest BCUT2D eigenvalue weighted by Crippen LogP contribution is -2.38. The molecule has 0 radical (unpaired) electrons. The lowest BCUT2D eigenvalue weighted by atomic mass is 10.1. The number of aromatic nitrogens is 2. The van der Waals surface area contributed by atoms with E-state index in [1.807, 2.05) is 35.9 Å². The summed E-state index contributed by atoms with van der Waals surface area (Å²) in [7, 11) is 3.42. The predicted molar refractivity (Wildman–Crippen MR) is 111 cm³/mol. The maximum absolute atomic E-state index is 12.6. The monoisotopic (exact) mass is 430 g/mol. The molecule has 0 aliphatic carbocycles. The summed E-state index contributed by atoms with van der Waals surface area (Å²) in [6.45, 7) is -0.480. The molecule has 1 heterocycles. The Morgan fingerprint density at radius 1 is 1.16 bits per heavy atom. The van der Waals surface area contributed by atoms with Gasteiger partial charge < -0.3 is 24.7 Å². The largest absolute Gasteiger partial charge is 0.497 e. The first-order valence-corrected chi connectivity index (χ1v) is 9.61. The van der Waals surface area contributed by atoms with Crippen molar-refractivity contribution in [1.82, 2.24) is 20.2 Å². The van der Waals surface area contributed by atoms with E-state index in [0.29, 0.717) is 17.3 Å². The van der Waals surface area contributed by atoms with Crippen LogP contribution in [0.25, 0.3) is 0 Å². The van der Waals surface area contributed by atoms with Crippen molar-refractivity contribution in [1.29, 1.82) is 0 Å². The fraction of sp³-hybridized carbons (Fsp3) is 0.273. The molecule has 2 amide bonds. The molecule has 0 aliphatic rings. The predicted octanol–water partition coefficient (Wildman–Crippen LogP) is 3.66. The first-order chi connectivity index (χ1) is 15.0. The average Bonchev–Trinajstić information content (AvgIpc) is 3.20. The van der Waals surface area contributed by atoms with Gasteiger partial charge in [-0.25, -0.2) is 18.6 Å². The van der Waals surface area contributed by atoms with Gasteiger partial charge in [0.15, 0.2) is 0 Å². The molecule has 0 saturated carbocycles. The number of carbonyl (C=O) groups excluding carboxylic acids is 1. The van der Waals surface area contributed by atoms with Crippen LogP contribution in [0.5, 0.6) is 11.5 Å². The number of halogens is 2. The van der Waals surface area contributed by atoms with Gasteiger partial charge in [0.2, 0.25) is 0 Å². The summed E-state index contributed by atoms with van der Waals surface area (Å²) < 4.78 is 36.8. The summed E-state index contributed by atoms with van der Waals surface area (Å²) in [5, 5.41) is 5.71. The molecule has 9 heteroatoms. The number of hydrogen-bond donors (Lipinski definition) is 2. The maximum Gasteiger partial charge on any atom is 0.315 e. The molecule has 1 atom stereocenters. The van der Waals surface area contributed by atoms with Gasteiger partial charge in [0.1, 0.15) is 30.0 Å². The van der Waals surface area contributed by atoms with Crippen LogP contribution in [0.15, 0.2) is 60.9 Å². The number of nitrogens with one attached hydrogen (secondary N) is 2. The first kappa shape index (κ1) is 22.1. The third kappa shape index (κ3) is 6.18. The molecule has 31 heavy (non-hydrogen) atoms. The van der Waals surface area contributed by atoms with Crippen molar-refractivity contribution in [3.8, 4) is 11.5 Å². The van der Waals surface area contributed by atoms with Crippen LogP contribution in [0.1, 0.15) is 23.0 Å². The van der Waals surface area contributed by atoms with Crippen molar-refractivity contribution in [3.05, 3.63) is 77.9 Å². The van der Waals surface area contributed by atoms with E-state index < -0.39 is 25.1 Å². The molecule has 3 rings (SSSR count). The lowest BCUT2D eigenvalue weighted by molar-refractivity contribution is 0.0818. The summed E-state index contributed by atoms with van der Waals surface area (Å²) in [5.41, 5.74) is 1.53. The second-order valence-electron chi connectivity index (χ2n) is 6.78. The Morgan fingerprint density at radius 2 is 1.94 bits per heavy atom. The van der Waals surface area contributed by atoms with E-state index in [2.05, 4.69) is 15.6 Å². The highest BCUT2D eigenvalue weighted by molar-refractivity contribution is 5.75. The van der Waals surface area contributed by atoms with E-state index in [4.69, 9.17) is 9.47 Å². The molecule has 7 nitrogen and oxygen atoms in total. The fourth-order valence-corrected chi connectivity index (χ4v) is 3.04. The Hall–Kier alpha value is -3.62. The number of urea groups is 1. The third-order valence-electron chi connectivity index (χ3n) is 4.55. The average molecular weight is 430 g/mol. The Morgan fingerprint density at radius 3 is 2.65 bits per heavy atom. The molecule has 0 spiro atoms. The van der Waals surface area contributed by atoms with Gasteiger partial charge in [-0.05, 0) is 35.4 Å². The molecule has 1 aromatic heterocycles. The van der Waals surface area contributed by atoms with Crippen LogP contribution in [0.2, 0.25) is 0 Å². The second-order valence-corrected chi connectivity index (χ2v) is 6.78. The van der Waals surface area contributed by atoms with Gasteiger partial charge in [0.25, 0.3) is 6.43 Å². The number of carbonyl (C=O) groups is 1. The highest BCUT2D eigenvalue weighted by Crippen LogP contribution is 2.24. The van der Waals surface area contributed by atoms with Gasteiger partial charge in [-0.1, -0.05) is 24.3 Å². The zero-order valence-electron chi connectivity index (χ0n) is 17.2. The maximum atomic E-state index is 12.6. The number of benzene rings is 2. The summed E-state index contributed by atoms with van der Waals surface area (Å²) in [4.78, 5) is 17.0. The molecular weight excluding hydrogens is 406 g/mol. The van der Waals surface area contributed by atoms with E-state index in [-0.39, 0.29) is 6.54 Å². The summed E-state index contributed by atoms with van der Waals surface area (Å²) in [5.74, 6) is 1.65. The zero-order chi connectivity index (χ0) is 22.2. The van der Waals surface area contributed by atoms with Crippen molar-refractivity contribution in [2.45, 2.75) is 19.0 Å². The minimum atomic E-state index is -2.55. The molecular formula is C22H24F2N4O3. The standard InChI is InChI=1S/C22H24F2N4O3/c1-28-10-9-25-21(28)20(16-6-4-7-17(12-16)30-2)27-22(29)26-13-15-5-3-8-18(11-15)31-14-19(23)24/h3-12,19-20H,13-14H2,1-2H3,(H2,26,27,29). The zero-order valence-corrected chi connectivity index (χ0v) is 17.2. The topological polar surface area (TPSA) is 77.4 Å². The summed E-state index contributed by atoms with van der Waals surface area (Å²) >= 11 is 0. The van der Waals surface area contributed by atoms with Gasteiger partial charge in [0.05, 0.1) is 7.11 Å². The Bertz CT molecular complexity index is 1010. The molecule has 2 N–H and O–H groups in total. The van der Waals surface area contributed by atoms with E-state index in [9.17, 15) is 13.6 Å². The Balaban J connectivity index is 1.68. The van der Waals surface area contributed by atoms with Crippen molar-refractivity contribution < 1.29 is 23.0 Å². The van der Waals surface area contributed by atoms with E-state index in [1.165, 1.54) is 0 Å². The number of imidazole rings is 1. The number of alkyl halides is 2. The first-order valence-electron chi connectivity index (χ1n) is 9.61. The highest BCUT2D eigenvalue weighted by Gasteiger charge is 2.21. The molecule has 0 aliphatic heterocycles. The molecule has 0 saturated heterocycles. The minimum absolute atomic E-state index is 0.198. The molecule has 3 aromatic rings. The number of aryl methyl sites for hydroxylation is 1. The van der Waals surface area contributed by atoms with Crippen LogP contribution in [-0.4, -0.2) is 35.7 Å². The van der Waals surface area contributed by atoms with Crippen LogP contribution in [0, 0.1) is 0 Å². The second kappa shape index (κ2) is 10.4.